The van der Waals surface area contributed by atoms with Crippen molar-refractivity contribution in [3.8, 4) is 0 Å². The zero-order valence-corrected chi connectivity index (χ0v) is 9.34. The van der Waals surface area contributed by atoms with E-state index in [4.69, 9.17) is 0 Å². The van der Waals surface area contributed by atoms with Crippen LogP contribution in [0.1, 0.15) is 20.8 Å². The van der Waals surface area contributed by atoms with Crippen LogP contribution in [0.15, 0.2) is 0 Å². The second-order valence-corrected chi connectivity index (χ2v) is 5.26. The van der Waals surface area contributed by atoms with Gasteiger partial charge in [0.05, 0.1) is 0 Å². The molecule has 1 rings (SSSR count). The summed E-state index contributed by atoms with van der Waals surface area (Å²) in [4.78, 5) is 1.95. The van der Waals surface area contributed by atoms with Gasteiger partial charge >= 0.3 is 0 Å². The minimum atomic E-state index is -3.03. The van der Waals surface area contributed by atoms with Crippen molar-refractivity contribution in [1.29, 1.82) is 0 Å². The summed E-state index contributed by atoms with van der Waals surface area (Å²) in [5.74, 6) is 0. The number of nitrogens with zero attached hydrogens (tertiary/aromatic N) is 2. The van der Waals surface area contributed by atoms with Crippen molar-refractivity contribution in [2.45, 2.75) is 26.1 Å². The van der Waals surface area contributed by atoms with Gasteiger partial charge in [0.1, 0.15) is 5.37 Å². The summed E-state index contributed by atoms with van der Waals surface area (Å²) in [7, 11) is -3.03. The maximum absolute atomic E-state index is 11.8. The van der Waals surface area contributed by atoms with Gasteiger partial charge in [0.15, 0.2) is 0 Å². The van der Waals surface area contributed by atoms with E-state index < -0.39 is 10.0 Å². The van der Waals surface area contributed by atoms with Crippen LogP contribution in [0.3, 0.4) is 0 Å². The van der Waals surface area contributed by atoms with Gasteiger partial charge in [-0.15, -0.1) is 0 Å². The molecule has 2 atom stereocenters. The first-order chi connectivity index (χ1) is 6.07. The molecule has 13 heavy (non-hydrogen) atoms. The van der Waals surface area contributed by atoms with Gasteiger partial charge in [0.25, 0.3) is 0 Å². The molecule has 1 aliphatic heterocycles. The molecule has 0 amide bonds. The summed E-state index contributed by atoms with van der Waals surface area (Å²) in [6.45, 7) is 8.41. The summed E-state index contributed by atoms with van der Waals surface area (Å²) < 4.78 is 25.2. The van der Waals surface area contributed by atoms with E-state index in [1.54, 1.807) is 0 Å². The van der Waals surface area contributed by atoms with Crippen molar-refractivity contribution >= 4 is 10.0 Å². The molecule has 1 aliphatic rings. The summed E-state index contributed by atoms with van der Waals surface area (Å²) >= 11 is 0. The van der Waals surface area contributed by atoms with E-state index in [0.717, 1.165) is 6.54 Å². The smallest absolute Gasteiger partial charge is 0.231 e. The third-order valence-corrected chi connectivity index (χ3v) is 4.85. The molecule has 0 spiro atoms. The van der Waals surface area contributed by atoms with Crippen molar-refractivity contribution in [3.63, 3.8) is 0 Å². The fourth-order valence-corrected chi connectivity index (χ4v) is 3.49. The molecule has 0 aromatic carbocycles. The lowest BCUT2D eigenvalue weighted by molar-refractivity contribution is 0.434. The monoisotopic (exact) mass is 206 g/mol. The molecular weight excluding hydrogens is 188 g/mol. The second-order valence-electron chi connectivity index (χ2n) is 3.17. The lowest BCUT2D eigenvalue weighted by atomic mass is 10.7. The van der Waals surface area contributed by atoms with Crippen molar-refractivity contribution < 1.29 is 8.42 Å². The van der Waals surface area contributed by atoms with Gasteiger partial charge in [-0.2, -0.15) is 0 Å². The fraction of sp³-hybridized carbons (Fsp3) is 1.00. The molecule has 0 aromatic rings. The minimum absolute atomic E-state index is 0.239. The van der Waals surface area contributed by atoms with Crippen LogP contribution in [0.5, 0.6) is 0 Å². The zero-order valence-electron chi connectivity index (χ0n) is 8.52. The Morgan fingerprint density at radius 2 is 1.85 bits per heavy atom. The normalized spacial score (nSPS) is 28.0. The predicted molar refractivity (Wildman–Crippen MR) is 52.9 cm³/mol. The molecule has 1 fully saturated rings. The summed E-state index contributed by atoms with van der Waals surface area (Å²) in [6.07, 6.45) is 0. The molecule has 0 bridgehead atoms. The predicted octanol–water partition coefficient (Wildman–Crippen LogP) is 0.320. The first-order valence-electron chi connectivity index (χ1n) is 4.80. The van der Waals surface area contributed by atoms with E-state index in [1.165, 1.54) is 4.31 Å². The first kappa shape index (κ1) is 10.9. The maximum atomic E-state index is 11.8. The quantitative estimate of drug-likeness (QED) is 0.608. The van der Waals surface area contributed by atoms with E-state index in [9.17, 15) is 8.42 Å². The summed E-state index contributed by atoms with van der Waals surface area (Å²) in [5.41, 5.74) is 0. The topological polar surface area (TPSA) is 40.4 Å². The highest BCUT2D eigenvalue weighted by Crippen LogP contribution is 2.25. The van der Waals surface area contributed by atoms with Crippen LogP contribution in [0.4, 0.5) is 0 Å². The Morgan fingerprint density at radius 3 is 2.15 bits per heavy atom. The standard InChI is InChI=1S/C8H18N2O2S/c1-4-9-7-8(9)13(11,12)10(5-2)6-3/h8H,4-7H2,1-3H3. The molecule has 0 aliphatic carbocycles. The van der Waals surface area contributed by atoms with Gasteiger partial charge in [-0.3, -0.25) is 4.90 Å². The van der Waals surface area contributed by atoms with E-state index in [-0.39, 0.29) is 5.37 Å². The Hall–Kier alpha value is -0.130. The lowest BCUT2D eigenvalue weighted by Crippen LogP contribution is -2.35. The number of hydrogen-bond donors (Lipinski definition) is 0. The van der Waals surface area contributed by atoms with Crippen LogP contribution < -0.4 is 0 Å². The van der Waals surface area contributed by atoms with Gasteiger partial charge in [-0.05, 0) is 6.54 Å². The first-order valence-corrected chi connectivity index (χ1v) is 6.31. The Bertz CT molecular complexity index is 259. The van der Waals surface area contributed by atoms with E-state index >= 15 is 0 Å². The molecule has 78 valence electrons. The van der Waals surface area contributed by atoms with Crippen LogP contribution >= 0.6 is 0 Å². The van der Waals surface area contributed by atoms with Crippen LogP contribution in [0.2, 0.25) is 0 Å². The number of likely N-dealkylation sites (N-methyl/N-ethyl adjacent to an activating group) is 1. The Labute approximate surface area is 80.6 Å². The Kier molecular flexibility index (Phi) is 3.32. The van der Waals surface area contributed by atoms with E-state index in [1.807, 2.05) is 25.7 Å². The number of rotatable bonds is 5. The number of hydrogen-bond acceptors (Lipinski definition) is 3. The highest BCUT2D eigenvalue weighted by Gasteiger charge is 2.45. The third-order valence-electron chi connectivity index (χ3n) is 2.48. The van der Waals surface area contributed by atoms with Gasteiger partial charge in [0, 0.05) is 19.6 Å². The molecule has 2 unspecified atom stereocenters. The van der Waals surface area contributed by atoms with Crippen molar-refractivity contribution in [1.82, 2.24) is 9.21 Å². The minimum Gasteiger partial charge on any atom is -0.283 e. The van der Waals surface area contributed by atoms with Crippen LogP contribution in [0.25, 0.3) is 0 Å². The molecule has 1 saturated heterocycles. The highest BCUT2D eigenvalue weighted by atomic mass is 32.2. The van der Waals surface area contributed by atoms with Crippen LogP contribution in [-0.4, -0.2) is 49.2 Å². The van der Waals surface area contributed by atoms with Gasteiger partial charge < -0.3 is 0 Å². The van der Waals surface area contributed by atoms with Crippen molar-refractivity contribution in [3.05, 3.63) is 0 Å². The molecule has 0 aromatic heterocycles. The largest absolute Gasteiger partial charge is 0.283 e. The highest BCUT2D eigenvalue weighted by molar-refractivity contribution is 7.90. The molecule has 1 heterocycles. The summed E-state index contributed by atoms with van der Waals surface area (Å²) in [5, 5.41) is -0.239. The fourth-order valence-electron chi connectivity index (χ4n) is 1.52. The van der Waals surface area contributed by atoms with E-state index in [2.05, 4.69) is 0 Å². The Balaban J connectivity index is 2.67. The average molecular weight is 206 g/mol. The second kappa shape index (κ2) is 3.94. The Morgan fingerprint density at radius 1 is 1.31 bits per heavy atom. The van der Waals surface area contributed by atoms with Gasteiger partial charge in [-0.25, -0.2) is 12.7 Å². The number of sulfonamides is 1. The van der Waals surface area contributed by atoms with E-state index in [0.29, 0.717) is 19.6 Å². The molecule has 5 heteroatoms. The SMILES string of the molecule is CCN1CC1S(=O)(=O)N(CC)CC. The van der Waals surface area contributed by atoms with Gasteiger partial charge in [0.2, 0.25) is 10.0 Å². The van der Waals surface area contributed by atoms with Crippen molar-refractivity contribution in [2.24, 2.45) is 0 Å². The summed E-state index contributed by atoms with van der Waals surface area (Å²) in [6, 6.07) is 0. The molecular formula is C8H18N2O2S. The van der Waals surface area contributed by atoms with Crippen LogP contribution in [-0.2, 0) is 10.0 Å². The molecule has 0 saturated carbocycles. The maximum Gasteiger partial charge on any atom is 0.231 e. The van der Waals surface area contributed by atoms with Crippen molar-refractivity contribution in [2.75, 3.05) is 26.2 Å². The molecule has 4 nitrogen and oxygen atoms in total. The van der Waals surface area contributed by atoms with Crippen LogP contribution in [0, 0.1) is 0 Å². The molecule has 0 N–H and O–H groups in total. The van der Waals surface area contributed by atoms with Gasteiger partial charge in [-0.1, -0.05) is 20.8 Å². The lowest BCUT2D eigenvalue weighted by Gasteiger charge is -2.17. The molecule has 0 radical (unpaired) electrons. The third kappa shape index (κ3) is 2.03. The zero-order chi connectivity index (χ0) is 10.1. The average Bonchev–Trinajstić information content (AvgIpc) is 2.84.